The Morgan fingerprint density at radius 1 is 1.45 bits per heavy atom. The highest BCUT2D eigenvalue weighted by Gasteiger charge is 2.28. The van der Waals surface area contributed by atoms with E-state index in [0.29, 0.717) is 31.2 Å². The number of carbonyl (C=O) groups excluding carboxylic acids is 1. The molecule has 0 aliphatic carbocycles. The number of anilines is 1. The lowest BCUT2D eigenvalue weighted by Gasteiger charge is -2.32. The predicted molar refractivity (Wildman–Crippen MR) is 81.2 cm³/mol. The smallest absolute Gasteiger partial charge is 0.290 e. The van der Waals surface area contributed by atoms with Crippen LogP contribution in [0.2, 0.25) is 0 Å². The molecule has 7 heteroatoms. The molecule has 2 aromatic heterocycles. The van der Waals surface area contributed by atoms with E-state index in [1.54, 1.807) is 35.0 Å². The lowest BCUT2D eigenvalue weighted by atomic mass is 10.1. The van der Waals surface area contributed by atoms with Crippen molar-refractivity contribution in [3.8, 4) is 0 Å². The second-order valence-electron chi connectivity index (χ2n) is 5.44. The monoisotopic (exact) mass is 301 g/mol. The van der Waals surface area contributed by atoms with E-state index in [4.69, 9.17) is 10.5 Å². The van der Waals surface area contributed by atoms with E-state index in [0.717, 1.165) is 11.4 Å². The molecule has 22 heavy (non-hydrogen) atoms. The molecule has 0 saturated carbocycles. The van der Waals surface area contributed by atoms with Crippen molar-refractivity contribution < 1.29 is 9.53 Å². The van der Waals surface area contributed by atoms with Gasteiger partial charge in [-0.1, -0.05) is 0 Å². The van der Waals surface area contributed by atoms with Crippen molar-refractivity contribution in [2.45, 2.75) is 13.0 Å². The van der Waals surface area contributed by atoms with Gasteiger partial charge < -0.3 is 19.9 Å². The minimum atomic E-state index is -0.264. The van der Waals surface area contributed by atoms with Crippen molar-refractivity contribution in [3.63, 3.8) is 0 Å². The number of nitrogen functional groups attached to an aromatic ring is 1. The number of ether oxygens (including phenoxy) is 1. The molecule has 2 aromatic rings. The van der Waals surface area contributed by atoms with Gasteiger partial charge in [0, 0.05) is 37.4 Å². The van der Waals surface area contributed by atoms with Crippen molar-refractivity contribution in [2.24, 2.45) is 7.05 Å². The fourth-order valence-corrected chi connectivity index (χ4v) is 2.61. The molecule has 1 aliphatic rings. The molecule has 0 spiro atoms. The van der Waals surface area contributed by atoms with Crippen LogP contribution in [0.15, 0.2) is 24.5 Å². The molecule has 1 saturated heterocycles. The zero-order valence-electron chi connectivity index (χ0n) is 12.7. The first-order valence-corrected chi connectivity index (χ1v) is 7.17. The van der Waals surface area contributed by atoms with E-state index in [2.05, 4.69) is 9.97 Å². The highest BCUT2D eigenvalue weighted by atomic mass is 16.5. The van der Waals surface area contributed by atoms with Gasteiger partial charge in [0.05, 0.1) is 18.8 Å². The number of amides is 1. The summed E-state index contributed by atoms with van der Waals surface area (Å²) in [5.74, 6) is 0.332. The number of nitrogens with two attached hydrogens (primary N) is 1. The van der Waals surface area contributed by atoms with Gasteiger partial charge in [-0.2, -0.15) is 0 Å². The standard InChI is InChI=1S/C15H19N5O2/c1-10-7-11(16)8-12(18-10)13-9-20(5-6-22-13)15(21)14-17-3-4-19(14)2/h3-4,7-8,13H,5-6,9H2,1-2H3,(H2,16,18)/t13-/m0/s1. The molecular weight excluding hydrogens is 282 g/mol. The maximum atomic E-state index is 12.5. The van der Waals surface area contributed by atoms with Gasteiger partial charge in [-0.05, 0) is 19.1 Å². The van der Waals surface area contributed by atoms with E-state index in [9.17, 15) is 4.79 Å². The lowest BCUT2D eigenvalue weighted by Crippen LogP contribution is -2.43. The van der Waals surface area contributed by atoms with Crippen molar-refractivity contribution in [1.29, 1.82) is 0 Å². The van der Waals surface area contributed by atoms with Crippen molar-refractivity contribution >= 4 is 11.6 Å². The fraction of sp³-hybridized carbons (Fsp3) is 0.400. The lowest BCUT2D eigenvalue weighted by molar-refractivity contribution is -0.0252. The number of imidazole rings is 1. The van der Waals surface area contributed by atoms with E-state index in [1.165, 1.54) is 0 Å². The van der Waals surface area contributed by atoms with Gasteiger partial charge in [0.15, 0.2) is 5.82 Å². The summed E-state index contributed by atoms with van der Waals surface area (Å²) < 4.78 is 7.48. The Labute approximate surface area is 128 Å². The van der Waals surface area contributed by atoms with Crippen molar-refractivity contribution in [1.82, 2.24) is 19.4 Å². The van der Waals surface area contributed by atoms with Gasteiger partial charge >= 0.3 is 0 Å². The van der Waals surface area contributed by atoms with Gasteiger partial charge in [-0.3, -0.25) is 9.78 Å². The minimum absolute atomic E-state index is 0.0959. The number of nitrogens with zero attached hydrogens (tertiary/aromatic N) is 4. The topological polar surface area (TPSA) is 86.3 Å². The van der Waals surface area contributed by atoms with Crippen LogP contribution in [0, 0.1) is 6.92 Å². The quantitative estimate of drug-likeness (QED) is 0.891. The molecule has 1 aliphatic heterocycles. The number of aryl methyl sites for hydroxylation is 2. The number of hydrogen-bond donors (Lipinski definition) is 1. The van der Waals surface area contributed by atoms with E-state index in [-0.39, 0.29) is 12.0 Å². The highest BCUT2D eigenvalue weighted by Crippen LogP contribution is 2.23. The van der Waals surface area contributed by atoms with Crippen LogP contribution in [0.1, 0.15) is 28.1 Å². The summed E-state index contributed by atoms with van der Waals surface area (Å²) in [5, 5.41) is 0. The van der Waals surface area contributed by atoms with Crippen LogP contribution < -0.4 is 5.73 Å². The molecule has 0 unspecified atom stereocenters. The predicted octanol–water partition coefficient (Wildman–Crippen LogP) is 0.919. The number of morpholine rings is 1. The maximum absolute atomic E-state index is 12.5. The van der Waals surface area contributed by atoms with Gasteiger partial charge in [-0.25, -0.2) is 4.98 Å². The van der Waals surface area contributed by atoms with Crippen LogP contribution in [0.25, 0.3) is 0 Å². The Morgan fingerprint density at radius 2 is 2.27 bits per heavy atom. The molecule has 7 nitrogen and oxygen atoms in total. The number of aromatic nitrogens is 3. The second kappa shape index (κ2) is 5.76. The van der Waals surface area contributed by atoms with Gasteiger partial charge in [0.25, 0.3) is 5.91 Å². The molecule has 3 heterocycles. The molecule has 1 amide bonds. The normalized spacial score (nSPS) is 18.5. The van der Waals surface area contributed by atoms with Gasteiger partial charge in [0.2, 0.25) is 0 Å². The summed E-state index contributed by atoms with van der Waals surface area (Å²) in [4.78, 5) is 22.9. The number of carbonyl (C=O) groups is 1. The molecule has 1 fully saturated rings. The third kappa shape index (κ3) is 2.80. The Hall–Kier alpha value is -2.41. The minimum Gasteiger partial charge on any atom is -0.399 e. The van der Waals surface area contributed by atoms with Crippen LogP contribution in [0.4, 0.5) is 5.69 Å². The number of pyridine rings is 1. The van der Waals surface area contributed by atoms with Crippen LogP contribution in [0.3, 0.4) is 0 Å². The number of hydrogen-bond acceptors (Lipinski definition) is 5. The third-order valence-electron chi connectivity index (χ3n) is 3.69. The summed E-state index contributed by atoms with van der Waals surface area (Å²) in [6.07, 6.45) is 3.11. The first kappa shape index (κ1) is 14.5. The molecule has 3 rings (SSSR count). The summed E-state index contributed by atoms with van der Waals surface area (Å²) in [5.41, 5.74) is 8.12. The molecule has 1 atom stereocenters. The summed E-state index contributed by atoms with van der Waals surface area (Å²) in [6.45, 7) is 3.35. The summed E-state index contributed by atoms with van der Waals surface area (Å²) in [6, 6.07) is 3.61. The first-order valence-electron chi connectivity index (χ1n) is 7.17. The Morgan fingerprint density at radius 3 is 2.95 bits per heavy atom. The van der Waals surface area contributed by atoms with Crippen LogP contribution >= 0.6 is 0 Å². The Bertz CT molecular complexity index is 677. The van der Waals surface area contributed by atoms with E-state index < -0.39 is 0 Å². The maximum Gasteiger partial charge on any atom is 0.290 e. The largest absolute Gasteiger partial charge is 0.399 e. The fourth-order valence-electron chi connectivity index (χ4n) is 2.61. The van der Waals surface area contributed by atoms with Crippen LogP contribution in [-0.2, 0) is 11.8 Å². The SMILES string of the molecule is Cc1cc(N)cc([C@@H]2CN(C(=O)c3nccn3C)CCO2)n1. The zero-order valence-corrected chi connectivity index (χ0v) is 12.7. The Kier molecular flexibility index (Phi) is 3.81. The molecule has 0 bridgehead atoms. The molecular formula is C15H19N5O2. The van der Waals surface area contributed by atoms with E-state index >= 15 is 0 Å². The highest BCUT2D eigenvalue weighted by molar-refractivity contribution is 5.90. The third-order valence-corrected chi connectivity index (χ3v) is 3.69. The van der Waals surface area contributed by atoms with Gasteiger partial charge in [-0.15, -0.1) is 0 Å². The Balaban J connectivity index is 1.79. The van der Waals surface area contributed by atoms with Crippen molar-refractivity contribution in [3.05, 3.63) is 41.7 Å². The molecule has 0 radical (unpaired) electrons. The van der Waals surface area contributed by atoms with Crippen LogP contribution in [-0.4, -0.2) is 45.0 Å². The molecule has 0 aromatic carbocycles. The van der Waals surface area contributed by atoms with Crippen LogP contribution in [0.5, 0.6) is 0 Å². The zero-order chi connectivity index (χ0) is 15.7. The second-order valence-corrected chi connectivity index (χ2v) is 5.44. The summed E-state index contributed by atoms with van der Waals surface area (Å²) >= 11 is 0. The average molecular weight is 301 g/mol. The first-order chi connectivity index (χ1) is 10.5. The van der Waals surface area contributed by atoms with Gasteiger partial charge in [0.1, 0.15) is 6.10 Å². The average Bonchev–Trinajstić information content (AvgIpc) is 2.92. The number of rotatable bonds is 2. The van der Waals surface area contributed by atoms with Crippen molar-refractivity contribution in [2.75, 3.05) is 25.4 Å². The molecule has 2 N–H and O–H groups in total. The molecule has 116 valence electrons. The summed E-state index contributed by atoms with van der Waals surface area (Å²) in [7, 11) is 1.81. The van der Waals surface area contributed by atoms with E-state index in [1.807, 2.05) is 13.0 Å².